The van der Waals surface area contributed by atoms with E-state index in [4.69, 9.17) is 23.3 Å². The lowest BCUT2D eigenvalue weighted by molar-refractivity contribution is -0.115. The Balaban J connectivity index is 1.94. The van der Waals surface area contributed by atoms with Gasteiger partial charge in [0.2, 0.25) is 0 Å². The van der Waals surface area contributed by atoms with Gasteiger partial charge in [0.05, 0.1) is 29.4 Å². The van der Waals surface area contributed by atoms with E-state index in [2.05, 4.69) is 32.0 Å². The first-order chi connectivity index (χ1) is 20.6. The monoisotopic (exact) mass is 644 g/mol. The molecule has 13 heteroatoms. The van der Waals surface area contributed by atoms with Gasteiger partial charge in [-0.2, -0.15) is 5.10 Å². The highest BCUT2D eigenvalue weighted by atomic mass is 28.2. The lowest BCUT2D eigenvalue weighted by atomic mass is 9.78. The van der Waals surface area contributed by atoms with Crippen LogP contribution in [0.3, 0.4) is 0 Å². The molecule has 2 heterocycles. The number of carboxylic acids is 1. The van der Waals surface area contributed by atoms with Crippen molar-refractivity contribution in [2.75, 3.05) is 20.2 Å². The van der Waals surface area contributed by atoms with Crippen molar-refractivity contribution in [3.8, 4) is 17.0 Å². The Morgan fingerprint density at radius 1 is 1.07 bits per heavy atom. The van der Waals surface area contributed by atoms with Gasteiger partial charge in [-0.15, -0.1) is 0 Å². The highest BCUT2D eigenvalue weighted by Gasteiger charge is 2.40. The summed E-state index contributed by atoms with van der Waals surface area (Å²) in [6.07, 6.45) is 0.734. The number of amides is 1. The number of carbonyl (C=O) groups excluding carboxylic acids is 1. The molecule has 1 unspecified atom stereocenters. The Kier molecular flexibility index (Phi) is 11.7. The minimum absolute atomic E-state index is 0.00759. The molecule has 242 valence electrons. The summed E-state index contributed by atoms with van der Waals surface area (Å²) in [6, 6.07) is 9.00. The average Bonchev–Trinajstić information content (AvgIpc) is 3.38. The van der Waals surface area contributed by atoms with Crippen LogP contribution in [0.25, 0.3) is 22.3 Å². The number of benzene rings is 1. The van der Waals surface area contributed by atoms with Crippen LogP contribution in [0.4, 0.5) is 4.79 Å². The van der Waals surface area contributed by atoms with Gasteiger partial charge >= 0.3 is 12.1 Å². The molecule has 3 aromatic rings. The Hall–Kier alpha value is -3.27. The first-order valence-corrected chi connectivity index (χ1v) is 19.1. The van der Waals surface area contributed by atoms with Gasteiger partial charge in [0.25, 0.3) is 0 Å². The van der Waals surface area contributed by atoms with Crippen molar-refractivity contribution >= 4 is 42.6 Å². The molecule has 11 nitrogen and oxygen atoms in total. The fourth-order valence-electron chi connectivity index (χ4n) is 4.88. The summed E-state index contributed by atoms with van der Waals surface area (Å²) in [5.41, 5.74) is 0.764. The van der Waals surface area contributed by atoms with Gasteiger partial charge in [-0.25, -0.2) is 19.3 Å². The number of fused-ring (bicyclic) bond motifs is 1. The number of rotatable bonds is 14. The first-order valence-electron chi connectivity index (χ1n) is 15.1. The second-order valence-electron chi connectivity index (χ2n) is 12.7. The zero-order chi connectivity index (χ0) is 32.8. The second kappa shape index (κ2) is 14.7. The van der Waals surface area contributed by atoms with Crippen molar-refractivity contribution in [3.05, 3.63) is 42.1 Å². The summed E-state index contributed by atoms with van der Waals surface area (Å²) in [7, 11) is 0.197. The predicted octanol–water partition coefficient (Wildman–Crippen LogP) is 4.89. The third-order valence-corrected chi connectivity index (χ3v) is 8.63. The Morgan fingerprint density at radius 2 is 1.73 bits per heavy atom. The van der Waals surface area contributed by atoms with Gasteiger partial charge in [-0.05, 0) is 52.8 Å². The van der Waals surface area contributed by atoms with E-state index in [0.717, 1.165) is 0 Å². The molecule has 0 aliphatic carbocycles. The molecule has 2 aromatic heterocycles. The van der Waals surface area contributed by atoms with Gasteiger partial charge in [0.1, 0.15) is 17.6 Å². The number of nitrogens with zero attached hydrogens (tertiary/aromatic N) is 4. The number of hydrogen-bond acceptors (Lipinski definition) is 8. The number of hydrogen-bond donors (Lipinski definition) is 1. The van der Waals surface area contributed by atoms with E-state index in [-0.39, 0.29) is 24.1 Å². The third-order valence-electron chi connectivity index (χ3n) is 7.36. The number of pyridine rings is 1. The maximum absolute atomic E-state index is 12.9. The fourth-order valence-corrected chi connectivity index (χ4v) is 6.73. The third kappa shape index (κ3) is 8.67. The van der Waals surface area contributed by atoms with E-state index in [0.29, 0.717) is 34.6 Å². The van der Waals surface area contributed by atoms with E-state index >= 15 is 0 Å². The van der Waals surface area contributed by atoms with Crippen LogP contribution in [0.1, 0.15) is 64.9 Å². The highest BCUT2D eigenvalue weighted by Crippen LogP contribution is 2.35. The standard InChI is InChI=1S/C31H48N4O7Si2/c1-19(2)35-26-24(16-32-35)23(27(36)37)15-25(33-26)20-12-11-13-22(14-20)39-18-21(17-34(8)29(38)40-30(3,4)5)31(6,7)28(41-43-9)42-44-10/h11-16,19,21,28H,17-18,43-44H2,1-10H3,(H,36,37). The van der Waals surface area contributed by atoms with Crippen molar-refractivity contribution < 1.29 is 33.0 Å². The number of aromatic nitrogens is 3. The van der Waals surface area contributed by atoms with E-state index in [1.165, 1.54) is 0 Å². The lowest BCUT2D eigenvalue weighted by Gasteiger charge is -2.42. The normalized spacial score (nSPS) is 14.2. The van der Waals surface area contributed by atoms with Crippen LogP contribution >= 0.6 is 0 Å². The summed E-state index contributed by atoms with van der Waals surface area (Å²) in [5, 5.41) is 14.8. The minimum atomic E-state index is -1.04. The molecule has 1 amide bonds. The summed E-state index contributed by atoms with van der Waals surface area (Å²) in [5.74, 6) is -0.631. The first kappa shape index (κ1) is 35.2. The zero-order valence-corrected chi connectivity index (χ0v) is 30.5. The van der Waals surface area contributed by atoms with Gasteiger partial charge in [-0.1, -0.05) is 39.1 Å². The maximum atomic E-state index is 12.9. The second-order valence-corrected chi connectivity index (χ2v) is 14.6. The van der Waals surface area contributed by atoms with Crippen LogP contribution in [-0.2, 0) is 13.6 Å². The van der Waals surface area contributed by atoms with E-state index < -0.39 is 48.9 Å². The molecule has 1 atom stereocenters. The fraction of sp³-hybridized carbons (Fsp3) is 0.548. The van der Waals surface area contributed by atoms with Crippen molar-refractivity contribution in [1.29, 1.82) is 0 Å². The van der Waals surface area contributed by atoms with E-state index in [1.807, 2.05) is 58.9 Å². The highest BCUT2D eigenvalue weighted by molar-refractivity contribution is 6.26. The van der Waals surface area contributed by atoms with Gasteiger partial charge in [0, 0.05) is 36.5 Å². The molecule has 0 radical (unpaired) electrons. The number of aromatic carboxylic acids is 1. The van der Waals surface area contributed by atoms with Crippen molar-refractivity contribution in [3.63, 3.8) is 0 Å². The molecular weight excluding hydrogens is 597 g/mol. The largest absolute Gasteiger partial charge is 0.493 e. The molecule has 0 saturated carbocycles. The SMILES string of the molecule is C[SiH2]OC(O[SiH2]C)C(C)(C)C(COc1cccc(-c2cc(C(=O)O)c3cnn(C(C)C)c3n2)c1)CN(C)C(=O)OC(C)(C)C. The summed E-state index contributed by atoms with van der Waals surface area (Å²) in [6.45, 7) is 18.4. The van der Waals surface area contributed by atoms with Crippen LogP contribution in [0.2, 0.25) is 13.1 Å². The molecular formula is C31H48N4O7Si2. The molecule has 0 bridgehead atoms. The minimum Gasteiger partial charge on any atom is -0.493 e. The van der Waals surface area contributed by atoms with E-state index in [1.54, 1.807) is 28.9 Å². The number of carboxylic acid groups (broad SMARTS) is 1. The summed E-state index contributed by atoms with van der Waals surface area (Å²) < 4.78 is 26.0. The lowest BCUT2D eigenvalue weighted by Crippen LogP contribution is -2.49. The van der Waals surface area contributed by atoms with Crippen LogP contribution in [0.15, 0.2) is 36.5 Å². The van der Waals surface area contributed by atoms with Crippen molar-refractivity contribution in [2.45, 2.75) is 79.5 Å². The van der Waals surface area contributed by atoms with Gasteiger partial charge < -0.3 is 28.3 Å². The Morgan fingerprint density at radius 3 is 2.30 bits per heavy atom. The molecule has 0 spiro atoms. The van der Waals surface area contributed by atoms with Crippen molar-refractivity contribution in [2.24, 2.45) is 11.3 Å². The molecule has 0 fully saturated rings. The summed E-state index contributed by atoms with van der Waals surface area (Å²) >= 11 is 0. The summed E-state index contributed by atoms with van der Waals surface area (Å²) in [4.78, 5) is 31.4. The van der Waals surface area contributed by atoms with Crippen LogP contribution in [-0.4, -0.2) is 88.5 Å². The van der Waals surface area contributed by atoms with E-state index in [9.17, 15) is 14.7 Å². The molecule has 3 rings (SSSR count). The van der Waals surface area contributed by atoms with Crippen LogP contribution < -0.4 is 4.74 Å². The maximum Gasteiger partial charge on any atom is 0.410 e. The van der Waals surface area contributed by atoms with Crippen molar-refractivity contribution in [1.82, 2.24) is 19.7 Å². The Labute approximate surface area is 265 Å². The predicted molar refractivity (Wildman–Crippen MR) is 177 cm³/mol. The molecule has 0 aliphatic rings. The van der Waals surface area contributed by atoms with Gasteiger partial charge in [-0.3, -0.25) is 0 Å². The molecule has 0 aliphatic heterocycles. The molecule has 1 aromatic carbocycles. The molecule has 1 N–H and O–H groups in total. The quantitative estimate of drug-likeness (QED) is 0.193. The molecule has 0 saturated heterocycles. The number of carbonyl (C=O) groups is 2. The Bertz CT molecular complexity index is 1430. The topological polar surface area (TPSA) is 125 Å². The van der Waals surface area contributed by atoms with Crippen LogP contribution in [0.5, 0.6) is 5.75 Å². The smallest absolute Gasteiger partial charge is 0.410 e. The average molecular weight is 645 g/mol. The zero-order valence-electron chi connectivity index (χ0n) is 27.7. The number of ether oxygens (including phenoxy) is 2. The molecule has 44 heavy (non-hydrogen) atoms. The van der Waals surface area contributed by atoms with Crippen LogP contribution in [0, 0.1) is 11.3 Å². The van der Waals surface area contributed by atoms with Gasteiger partial charge in [0.15, 0.2) is 25.2 Å².